The Morgan fingerprint density at radius 1 is 1.32 bits per heavy atom. The lowest BCUT2D eigenvalue weighted by molar-refractivity contribution is -0.130. The Hall–Kier alpha value is -3.46. The smallest absolute Gasteiger partial charge is 0.246 e. The summed E-state index contributed by atoms with van der Waals surface area (Å²) in [4.78, 5) is 18.9. The third-order valence-corrected chi connectivity index (χ3v) is 6.78. The Balaban J connectivity index is 1.67. The molecule has 2 aromatic heterocycles. The molecule has 3 atom stereocenters. The van der Waals surface area contributed by atoms with Gasteiger partial charge in [-0.05, 0) is 48.1 Å². The van der Waals surface area contributed by atoms with Crippen molar-refractivity contribution in [3.63, 3.8) is 0 Å². The van der Waals surface area contributed by atoms with E-state index in [4.69, 9.17) is 5.10 Å². The van der Waals surface area contributed by atoms with Crippen molar-refractivity contribution >= 4 is 11.5 Å². The molecule has 2 aromatic rings. The molecule has 0 N–H and O–H groups in total. The fourth-order valence-electron chi connectivity index (χ4n) is 4.87. The molecule has 1 saturated carbocycles. The number of allylic oxidation sites excluding steroid dienone is 4. The maximum atomic E-state index is 12.7. The number of amides is 1. The van der Waals surface area contributed by atoms with Gasteiger partial charge in [-0.2, -0.15) is 10.4 Å². The van der Waals surface area contributed by atoms with Crippen LogP contribution in [0.3, 0.4) is 0 Å². The number of fused-ring (bicyclic) bond motifs is 1. The van der Waals surface area contributed by atoms with E-state index in [1.54, 1.807) is 12.4 Å². The Morgan fingerprint density at radius 2 is 2.10 bits per heavy atom. The first-order valence-corrected chi connectivity index (χ1v) is 10.8. The average molecular weight is 412 g/mol. The Kier molecular flexibility index (Phi) is 4.82. The van der Waals surface area contributed by atoms with Crippen LogP contribution >= 0.6 is 0 Å². The summed E-state index contributed by atoms with van der Waals surface area (Å²) in [6.45, 7) is 7.01. The van der Waals surface area contributed by atoms with Gasteiger partial charge in [0, 0.05) is 23.9 Å². The number of carbonyl (C=O) groups is 1. The van der Waals surface area contributed by atoms with E-state index in [2.05, 4.69) is 35.3 Å². The molecule has 0 bridgehead atoms. The second-order valence-electron chi connectivity index (χ2n) is 8.61. The number of aromatic nitrogens is 3. The molecule has 1 fully saturated rings. The van der Waals surface area contributed by atoms with Crippen molar-refractivity contribution in [1.29, 1.82) is 5.26 Å². The summed E-state index contributed by atoms with van der Waals surface area (Å²) in [5.41, 5.74) is 5.06. The summed E-state index contributed by atoms with van der Waals surface area (Å²) in [7, 11) is 0. The molecule has 156 valence electrons. The monoisotopic (exact) mass is 411 g/mol. The third kappa shape index (κ3) is 3.31. The number of nitrogens with zero attached hydrogens (tertiary/aromatic N) is 5. The molecule has 1 amide bonds. The number of nitriles is 1. The molecule has 2 aliphatic carbocycles. The van der Waals surface area contributed by atoms with Crippen molar-refractivity contribution in [3.05, 3.63) is 66.8 Å². The Bertz CT molecular complexity index is 1130. The molecular formula is C25H25N5O. The maximum Gasteiger partial charge on any atom is 0.246 e. The second kappa shape index (κ2) is 7.66. The molecular weight excluding hydrogens is 386 g/mol. The zero-order valence-electron chi connectivity index (χ0n) is 17.6. The molecule has 5 rings (SSSR count). The van der Waals surface area contributed by atoms with E-state index in [0.29, 0.717) is 19.0 Å². The minimum Gasteiger partial charge on any atom is -0.328 e. The van der Waals surface area contributed by atoms with Gasteiger partial charge in [0.2, 0.25) is 5.91 Å². The van der Waals surface area contributed by atoms with E-state index in [0.717, 1.165) is 40.9 Å². The summed E-state index contributed by atoms with van der Waals surface area (Å²) in [5.74, 6) is 0.372. The number of carbonyl (C=O) groups excluding carboxylic acids is 1. The molecule has 0 spiro atoms. The van der Waals surface area contributed by atoms with Crippen LogP contribution in [0.25, 0.3) is 16.7 Å². The zero-order chi connectivity index (χ0) is 21.5. The van der Waals surface area contributed by atoms with Gasteiger partial charge in [-0.15, -0.1) is 0 Å². The maximum absolute atomic E-state index is 12.7. The van der Waals surface area contributed by atoms with E-state index in [1.165, 1.54) is 6.08 Å². The van der Waals surface area contributed by atoms with Gasteiger partial charge in [0.25, 0.3) is 0 Å². The van der Waals surface area contributed by atoms with E-state index < -0.39 is 0 Å². The van der Waals surface area contributed by atoms with Gasteiger partial charge >= 0.3 is 0 Å². The van der Waals surface area contributed by atoms with Gasteiger partial charge < -0.3 is 4.90 Å². The van der Waals surface area contributed by atoms with Crippen LogP contribution in [0.5, 0.6) is 0 Å². The first-order valence-electron chi connectivity index (χ1n) is 10.8. The van der Waals surface area contributed by atoms with Crippen molar-refractivity contribution in [1.82, 2.24) is 19.7 Å². The summed E-state index contributed by atoms with van der Waals surface area (Å²) in [6, 6.07) is 6.52. The summed E-state index contributed by atoms with van der Waals surface area (Å²) in [6.07, 6.45) is 13.3. The first-order chi connectivity index (χ1) is 15.1. The lowest BCUT2D eigenvalue weighted by Gasteiger charge is -2.36. The highest BCUT2D eigenvalue weighted by Crippen LogP contribution is 2.43. The second-order valence-corrected chi connectivity index (χ2v) is 8.61. The normalized spacial score (nSPS) is 24.8. The summed E-state index contributed by atoms with van der Waals surface area (Å²) in [5, 5.41) is 14.7. The molecule has 3 unspecified atom stereocenters. The third-order valence-electron chi connectivity index (χ3n) is 6.78. The van der Waals surface area contributed by atoms with E-state index in [9.17, 15) is 10.1 Å². The van der Waals surface area contributed by atoms with Gasteiger partial charge in [-0.3, -0.25) is 14.5 Å². The van der Waals surface area contributed by atoms with Gasteiger partial charge in [-0.25, -0.2) is 0 Å². The van der Waals surface area contributed by atoms with E-state index in [1.807, 2.05) is 29.2 Å². The largest absolute Gasteiger partial charge is 0.328 e. The van der Waals surface area contributed by atoms with Crippen LogP contribution in [0.1, 0.15) is 31.2 Å². The average Bonchev–Trinajstić information content (AvgIpc) is 3.59. The van der Waals surface area contributed by atoms with E-state index >= 15 is 0 Å². The van der Waals surface area contributed by atoms with Crippen LogP contribution in [0, 0.1) is 29.1 Å². The van der Waals surface area contributed by atoms with Gasteiger partial charge in [0.05, 0.1) is 42.5 Å². The predicted molar refractivity (Wildman–Crippen MR) is 118 cm³/mol. The standard InChI is InChI=1S/C25H25N5O/c1-3-23(31)29-14-22-24(18-9-11-27-12-10-18)25(20-6-4-5-19(13-26)16(20)2)28-30(22)15-21(29)17-7-8-17/h3-6,9-12,16-17,19,21H,1,7-8,14-15H2,2H3. The zero-order valence-corrected chi connectivity index (χ0v) is 17.6. The van der Waals surface area contributed by atoms with Crippen LogP contribution in [0.2, 0.25) is 0 Å². The number of pyridine rings is 1. The molecule has 0 radical (unpaired) electrons. The first kappa shape index (κ1) is 19.5. The highest BCUT2D eigenvalue weighted by Gasteiger charge is 2.42. The molecule has 31 heavy (non-hydrogen) atoms. The molecule has 3 aliphatic rings. The van der Waals surface area contributed by atoms with Gasteiger partial charge in [-0.1, -0.05) is 31.7 Å². The van der Waals surface area contributed by atoms with Crippen molar-refractivity contribution < 1.29 is 4.79 Å². The number of hydrogen-bond donors (Lipinski definition) is 0. The molecule has 1 aliphatic heterocycles. The quantitative estimate of drug-likeness (QED) is 0.713. The minimum atomic E-state index is -0.179. The molecule has 0 saturated heterocycles. The lowest BCUT2D eigenvalue weighted by atomic mass is 9.81. The lowest BCUT2D eigenvalue weighted by Crippen LogP contribution is -2.47. The Morgan fingerprint density at radius 3 is 2.77 bits per heavy atom. The predicted octanol–water partition coefficient (Wildman–Crippen LogP) is 3.98. The highest BCUT2D eigenvalue weighted by atomic mass is 16.2. The summed E-state index contributed by atoms with van der Waals surface area (Å²) < 4.78 is 2.09. The summed E-state index contributed by atoms with van der Waals surface area (Å²) >= 11 is 0. The topological polar surface area (TPSA) is 74.8 Å². The van der Waals surface area contributed by atoms with Gasteiger partial charge in [0.15, 0.2) is 0 Å². The van der Waals surface area contributed by atoms with Crippen LogP contribution in [-0.2, 0) is 17.9 Å². The van der Waals surface area contributed by atoms with Crippen LogP contribution in [0.15, 0.2) is 55.4 Å². The minimum absolute atomic E-state index is 0.0238. The van der Waals surface area contributed by atoms with E-state index in [-0.39, 0.29) is 23.8 Å². The van der Waals surface area contributed by atoms with Crippen molar-refractivity contribution in [2.24, 2.45) is 17.8 Å². The highest BCUT2D eigenvalue weighted by molar-refractivity contribution is 5.88. The molecule has 3 heterocycles. The van der Waals surface area contributed by atoms with Gasteiger partial charge in [0.1, 0.15) is 0 Å². The van der Waals surface area contributed by atoms with Crippen molar-refractivity contribution in [2.45, 2.75) is 38.9 Å². The van der Waals surface area contributed by atoms with Crippen LogP contribution < -0.4 is 0 Å². The van der Waals surface area contributed by atoms with Crippen LogP contribution in [-0.4, -0.2) is 31.6 Å². The number of hydrogen-bond acceptors (Lipinski definition) is 4. The Labute approximate surface area is 182 Å². The SMILES string of the molecule is C=CC(=O)N1Cc2c(-c3ccncc3)c(C3=CC=CC(C#N)C3C)nn2CC1C1CC1. The van der Waals surface area contributed by atoms with Crippen LogP contribution in [0.4, 0.5) is 0 Å². The number of rotatable bonds is 4. The molecule has 6 heteroatoms. The fourth-order valence-corrected chi connectivity index (χ4v) is 4.87. The molecule has 6 nitrogen and oxygen atoms in total. The fraction of sp³-hybridized carbons (Fsp3) is 0.360. The van der Waals surface area contributed by atoms with Crippen molar-refractivity contribution in [2.75, 3.05) is 0 Å². The van der Waals surface area contributed by atoms with Crippen molar-refractivity contribution in [3.8, 4) is 17.2 Å². The molecule has 0 aromatic carbocycles.